The third-order valence-electron chi connectivity index (χ3n) is 4.19. The summed E-state index contributed by atoms with van der Waals surface area (Å²) in [6.45, 7) is -0.235. The Balaban J connectivity index is 1.59. The number of carbonyl (C=O) groups is 1. The van der Waals surface area contributed by atoms with E-state index in [0.717, 1.165) is 10.2 Å². The Labute approximate surface area is 154 Å². The molecule has 2 heterocycles. The lowest BCUT2D eigenvalue weighted by Gasteiger charge is -2.17. The van der Waals surface area contributed by atoms with Gasteiger partial charge in [-0.3, -0.25) is 9.59 Å². The molecule has 0 aliphatic rings. The highest BCUT2D eigenvalue weighted by atomic mass is 16.3. The van der Waals surface area contributed by atoms with Crippen LogP contribution in [0.4, 0.5) is 0 Å². The number of benzene rings is 2. The first-order valence-corrected chi connectivity index (χ1v) is 8.42. The molecule has 134 valence electrons. The summed E-state index contributed by atoms with van der Waals surface area (Å²) < 4.78 is 6.53. The van der Waals surface area contributed by atoms with E-state index in [0.29, 0.717) is 16.7 Å². The fourth-order valence-corrected chi connectivity index (χ4v) is 2.89. The van der Waals surface area contributed by atoms with E-state index in [1.807, 2.05) is 30.3 Å². The number of aromatic nitrogens is 3. The number of nitrogens with zero attached hydrogens (tertiary/aromatic N) is 3. The lowest BCUT2D eigenvalue weighted by Crippen LogP contribution is -2.36. The molecule has 1 unspecified atom stereocenters. The lowest BCUT2D eigenvalue weighted by atomic mass is 10.0. The van der Waals surface area contributed by atoms with E-state index in [1.54, 1.807) is 42.7 Å². The second kappa shape index (κ2) is 7.25. The largest absolute Gasteiger partial charge is 0.467 e. The molecule has 0 aliphatic heterocycles. The molecule has 0 radical (unpaired) electrons. The molecule has 1 atom stereocenters. The molecule has 4 aromatic rings. The van der Waals surface area contributed by atoms with Crippen LogP contribution >= 0.6 is 0 Å². The molecule has 0 aliphatic carbocycles. The van der Waals surface area contributed by atoms with Gasteiger partial charge in [0.2, 0.25) is 5.91 Å². The molecule has 1 amide bonds. The SMILES string of the molecule is O=C(Cn1nnc2ccccc2c1=O)NC(c1ccccc1)c1ccco1. The van der Waals surface area contributed by atoms with Crippen LogP contribution in [-0.4, -0.2) is 20.9 Å². The summed E-state index contributed by atoms with van der Waals surface area (Å²) in [5, 5.41) is 11.2. The monoisotopic (exact) mass is 360 g/mol. The minimum absolute atomic E-state index is 0.235. The maximum Gasteiger partial charge on any atom is 0.278 e. The highest BCUT2D eigenvalue weighted by molar-refractivity contribution is 5.78. The minimum Gasteiger partial charge on any atom is -0.467 e. The highest BCUT2D eigenvalue weighted by Crippen LogP contribution is 2.22. The lowest BCUT2D eigenvalue weighted by molar-refractivity contribution is -0.122. The van der Waals surface area contributed by atoms with Crippen molar-refractivity contribution in [2.24, 2.45) is 0 Å². The van der Waals surface area contributed by atoms with Crippen molar-refractivity contribution in [1.29, 1.82) is 0 Å². The van der Waals surface area contributed by atoms with Crippen molar-refractivity contribution in [2.75, 3.05) is 0 Å². The third kappa shape index (κ3) is 3.48. The molecule has 0 bridgehead atoms. The molecule has 7 heteroatoms. The van der Waals surface area contributed by atoms with E-state index >= 15 is 0 Å². The Morgan fingerprint density at radius 2 is 1.81 bits per heavy atom. The second-order valence-corrected chi connectivity index (χ2v) is 6.00. The van der Waals surface area contributed by atoms with Crippen molar-refractivity contribution in [2.45, 2.75) is 12.6 Å². The van der Waals surface area contributed by atoms with Gasteiger partial charge in [0.05, 0.1) is 11.6 Å². The zero-order valence-corrected chi connectivity index (χ0v) is 14.3. The molecular weight excluding hydrogens is 344 g/mol. The van der Waals surface area contributed by atoms with Crippen LogP contribution < -0.4 is 10.9 Å². The van der Waals surface area contributed by atoms with Crippen molar-refractivity contribution in [3.63, 3.8) is 0 Å². The maximum absolute atomic E-state index is 12.6. The zero-order valence-electron chi connectivity index (χ0n) is 14.3. The number of hydrogen-bond donors (Lipinski definition) is 1. The van der Waals surface area contributed by atoms with Crippen molar-refractivity contribution >= 4 is 16.8 Å². The van der Waals surface area contributed by atoms with Crippen molar-refractivity contribution in [3.8, 4) is 0 Å². The smallest absolute Gasteiger partial charge is 0.278 e. The summed E-state index contributed by atoms with van der Waals surface area (Å²) in [5.74, 6) is 0.235. The van der Waals surface area contributed by atoms with Crippen LogP contribution in [0.1, 0.15) is 17.4 Å². The Morgan fingerprint density at radius 3 is 2.59 bits per heavy atom. The van der Waals surface area contributed by atoms with Gasteiger partial charge in [0.25, 0.3) is 5.56 Å². The van der Waals surface area contributed by atoms with E-state index < -0.39 is 6.04 Å². The quantitative estimate of drug-likeness (QED) is 0.590. The number of rotatable bonds is 5. The molecular formula is C20H16N4O3. The number of nitrogens with one attached hydrogen (secondary N) is 1. The summed E-state index contributed by atoms with van der Waals surface area (Å²) >= 11 is 0. The molecule has 0 saturated heterocycles. The van der Waals surface area contributed by atoms with Gasteiger partial charge in [-0.2, -0.15) is 0 Å². The van der Waals surface area contributed by atoms with Crippen LogP contribution in [0.15, 0.2) is 82.2 Å². The molecule has 1 N–H and O–H groups in total. The first-order valence-electron chi connectivity index (χ1n) is 8.42. The molecule has 27 heavy (non-hydrogen) atoms. The number of carbonyl (C=O) groups excluding carboxylic acids is 1. The summed E-state index contributed by atoms with van der Waals surface area (Å²) in [5.41, 5.74) is 1.01. The molecule has 0 fully saturated rings. The topological polar surface area (TPSA) is 90.0 Å². The Kier molecular flexibility index (Phi) is 4.49. The van der Waals surface area contributed by atoms with Crippen molar-refractivity contribution in [3.05, 3.63) is 94.7 Å². The predicted molar refractivity (Wildman–Crippen MR) is 98.9 cm³/mol. The Hall–Kier alpha value is -3.74. The number of amides is 1. The van der Waals surface area contributed by atoms with Crippen LogP contribution in [0.2, 0.25) is 0 Å². The second-order valence-electron chi connectivity index (χ2n) is 6.00. The van der Waals surface area contributed by atoms with Gasteiger partial charge < -0.3 is 9.73 Å². The fraction of sp³-hybridized carbons (Fsp3) is 0.100. The van der Waals surface area contributed by atoms with Gasteiger partial charge in [0.15, 0.2) is 0 Å². The number of hydrogen-bond acceptors (Lipinski definition) is 5. The molecule has 7 nitrogen and oxygen atoms in total. The van der Waals surface area contributed by atoms with E-state index in [-0.39, 0.29) is 18.0 Å². The van der Waals surface area contributed by atoms with Crippen LogP contribution in [-0.2, 0) is 11.3 Å². The third-order valence-corrected chi connectivity index (χ3v) is 4.19. The minimum atomic E-state index is -0.460. The van der Waals surface area contributed by atoms with Gasteiger partial charge in [0, 0.05) is 0 Å². The average molecular weight is 360 g/mol. The van der Waals surface area contributed by atoms with E-state index in [1.165, 1.54) is 0 Å². The Bertz CT molecular complexity index is 1120. The van der Waals surface area contributed by atoms with Crippen LogP contribution in [0.3, 0.4) is 0 Å². The first kappa shape index (κ1) is 16.7. The van der Waals surface area contributed by atoms with Gasteiger partial charge in [0.1, 0.15) is 23.9 Å². The predicted octanol–water partition coefficient (Wildman–Crippen LogP) is 2.29. The van der Waals surface area contributed by atoms with Crippen LogP contribution in [0.5, 0.6) is 0 Å². The van der Waals surface area contributed by atoms with Gasteiger partial charge in [-0.05, 0) is 29.8 Å². The molecule has 0 saturated carbocycles. The van der Waals surface area contributed by atoms with Crippen LogP contribution in [0.25, 0.3) is 10.9 Å². The van der Waals surface area contributed by atoms with Gasteiger partial charge >= 0.3 is 0 Å². The summed E-state index contributed by atoms with van der Waals surface area (Å²) in [6, 6.07) is 19.5. The standard InChI is InChI=1S/C20H16N4O3/c25-18(13-24-20(26)15-9-4-5-10-16(15)22-23-24)21-19(17-11-6-12-27-17)14-7-2-1-3-8-14/h1-12,19H,13H2,(H,21,25). The van der Waals surface area contributed by atoms with Crippen LogP contribution in [0, 0.1) is 0 Å². The molecule has 2 aromatic heterocycles. The normalized spacial score (nSPS) is 12.0. The van der Waals surface area contributed by atoms with Crippen molar-refractivity contribution < 1.29 is 9.21 Å². The Morgan fingerprint density at radius 1 is 1.04 bits per heavy atom. The van der Waals surface area contributed by atoms with Gasteiger partial charge in [-0.1, -0.05) is 47.7 Å². The average Bonchev–Trinajstić information content (AvgIpc) is 3.24. The van der Waals surface area contributed by atoms with E-state index in [2.05, 4.69) is 15.6 Å². The molecule has 0 spiro atoms. The van der Waals surface area contributed by atoms with E-state index in [4.69, 9.17) is 4.42 Å². The number of furan rings is 1. The maximum atomic E-state index is 12.6. The first-order chi connectivity index (χ1) is 13.2. The van der Waals surface area contributed by atoms with Crippen molar-refractivity contribution in [1.82, 2.24) is 20.3 Å². The highest BCUT2D eigenvalue weighted by Gasteiger charge is 2.20. The van der Waals surface area contributed by atoms with E-state index in [9.17, 15) is 9.59 Å². The summed E-state index contributed by atoms with van der Waals surface area (Å²) in [4.78, 5) is 25.1. The zero-order chi connectivity index (χ0) is 18.6. The fourth-order valence-electron chi connectivity index (χ4n) is 2.89. The van der Waals surface area contributed by atoms with Gasteiger partial charge in [-0.25, -0.2) is 4.68 Å². The van der Waals surface area contributed by atoms with Gasteiger partial charge in [-0.15, -0.1) is 5.10 Å². The summed E-state index contributed by atoms with van der Waals surface area (Å²) in [7, 11) is 0. The summed E-state index contributed by atoms with van der Waals surface area (Å²) in [6.07, 6.45) is 1.55. The molecule has 2 aromatic carbocycles. The number of fused-ring (bicyclic) bond motifs is 1. The molecule has 4 rings (SSSR count).